The van der Waals surface area contributed by atoms with Crippen LogP contribution in [0, 0.1) is 0 Å². The molecule has 1 N–H and O–H groups in total. The van der Waals surface area contributed by atoms with Crippen LogP contribution in [0.25, 0.3) is 0 Å². The van der Waals surface area contributed by atoms with Gasteiger partial charge in [-0.1, -0.05) is 6.07 Å². The molecule has 0 saturated carbocycles. The molecule has 1 amide bonds. The molecule has 1 atom stereocenters. The normalized spacial score (nSPS) is 13.4. The monoisotopic (exact) mass is 421 g/mol. The molecule has 1 aliphatic carbocycles. The van der Waals surface area contributed by atoms with E-state index in [9.17, 15) is 4.79 Å². The molecule has 1 aromatic heterocycles. The number of carbonyl (C=O) groups excluding carboxylic acids is 1. The Labute approximate surface area is 182 Å². The molecule has 0 saturated heterocycles. The molecule has 0 aliphatic heterocycles. The van der Waals surface area contributed by atoms with Crippen molar-refractivity contribution in [2.24, 2.45) is 0 Å². The maximum Gasteiger partial charge on any atom is 0.287 e. The van der Waals surface area contributed by atoms with Crippen LogP contribution in [-0.2, 0) is 19.4 Å². The van der Waals surface area contributed by atoms with Crippen LogP contribution in [0.3, 0.4) is 0 Å². The second kappa shape index (κ2) is 9.16. The van der Waals surface area contributed by atoms with Gasteiger partial charge in [0.25, 0.3) is 5.91 Å². The number of rotatable bonds is 8. The van der Waals surface area contributed by atoms with Crippen LogP contribution in [0.4, 0.5) is 0 Å². The second-order valence-corrected chi connectivity index (χ2v) is 7.64. The molecular formula is C25H27NO5. The highest BCUT2D eigenvalue weighted by Crippen LogP contribution is 2.30. The van der Waals surface area contributed by atoms with Gasteiger partial charge in [0.05, 0.1) is 20.3 Å². The van der Waals surface area contributed by atoms with Crippen LogP contribution in [0.15, 0.2) is 52.9 Å². The molecule has 0 bridgehead atoms. The first kappa shape index (κ1) is 20.8. The maximum atomic E-state index is 12.7. The number of nitrogens with one attached hydrogen (secondary N) is 1. The van der Waals surface area contributed by atoms with Gasteiger partial charge in [-0.3, -0.25) is 4.79 Å². The van der Waals surface area contributed by atoms with Crippen molar-refractivity contribution < 1.29 is 23.4 Å². The first-order valence-corrected chi connectivity index (χ1v) is 10.4. The highest BCUT2D eigenvalue weighted by atomic mass is 16.5. The summed E-state index contributed by atoms with van der Waals surface area (Å²) >= 11 is 0. The summed E-state index contributed by atoms with van der Waals surface area (Å²) in [5.74, 6) is 2.72. The van der Waals surface area contributed by atoms with Crippen molar-refractivity contribution in [1.29, 1.82) is 0 Å². The van der Waals surface area contributed by atoms with Crippen molar-refractivity contribution in [1.82, 2.24) is 5.32 Å². The van der Waals surface area contributed by atoms with Crippen LogP contribution < -0.4 is 19.5 Å². The molecule has 31 heavy (non-hydrogen) atoms. The van der Waals surface area contributed by atoms with Gasteiger partial charge in [0.2, 0.25) is 0 Å². The molecule has 1 aliphatic rings. The van der Waals surface area contributed by atoms with E-state index >= 15 is 0 Å². The smallest absolute Gasteiger partial charge is 0.287 e. The number of amides is 1. The Hall–Kier alpha value is -3.41. The van der Waals surface area contributed by atoms with Crippen molar-refractivity contribution in [3.63, 3.8) is 0 Å². The lowest BCUT2D eigenvalue weighted by molar-refractivity contribution is 0.0907. The van der Waals surface area contributed by atoms with Gasteiger partial charge in [-0.05, 0) is 79.8 Å². The number of aryl methyl sites for hydroxylation is 2. The number of furan rings is 1. The van der Waals surface area contributed by atoms with Crippen LogP contribution in [0.2, 0.25) is 0 Å². The highest BCUT2D eigenvalue weighted by Gasteiger charge is 2.19. The molecule has 1 unspecified atom stereocenters. The first-order chi connectivity index (χ1) is 15.1. The SMILES string of the molecule is COc1ccc(OC)c(C(C)NC(=O)c2ccc(COc3ccc4c(c3)CCC4)o2)c1. The summed E-state index contributed by atoms with van der Waals surface area (Å²) in [6.07, 6.45) is 3.45. The molecule has 6 heteroatoms. The van der Waals surface area contributed by atoms with Gasteiger partial charge in [-0.25, -0.2) is 0 Å². The fourth-order valence-corrected chi connectivity index (χ4v) is 3.89. The van der Waals surface area contributed by atoms with Gasteiger partial charge >= 0.3 is 0 Å². The summed E-state index contributed by atoms with van der Waals surface area (Å²) in [4.78, 5) is 12.7. The number of methoxy groups -OCH3 is 2. The summed E-state index contributed by atoms with van der Waals surface area (Å²) < 4.78 is 22.3. The molecule has 3 aromatic rings. The fraction of sp³-hybridized carbons (Fsp3) is 0.320. The van der Waals surface area contributed by atoms with Crippen molar-refractivity contribution in [2.75, 3.05) is 14.2 Å². The third kappa shape index (κ3) is 4.68. The lowest BCUT2D eigenvalue weighted by atomic mass is 10.1. The van der Waals surface area contributed by atoms with Crippen molar-refractivity contribution >= 4 is 5.91 Å². The van der Waals surface area contributed by atoms with E-state index in [1.54, 1.807) is 26.4 Å². The summed E-state index contributed by atoms with van der Waals surface area (Å²) in [7, 11) is 3.20. The zero-order valence-electron chi connectivity index (χ0n) is 18.1. The molecule has 6 nitrogen and oxygen atoms in total. The number of hydrogen-bond acceptors (Lipinski definition) is 5. The number of benzene rings is 2. The van der Waals surface area contributed by atoms with E-state index < -0.39 is 0 Å². The third-order valence-corrected chi connectivity index (χ3v) is 5.59. The lowest BCUT2D eigenvalue weighted by Crippen LogP contribution is -2.26. The molecule has 0 radical (unpaired) electrons. The van der Waals surface area contributed by atoms with Gasteiger partial charge in [0.1, 0.15) is 29.6 Å². The van der Waals surface area contributed by atoms with Crippen LogP contribution in [-0.4, -0.2) is 20.1 Å². The van der Waals surface area contributed by atoms with Gasteiger partial charge in [-0.2, -0.15) is 0 Å². The summed E-state index contributed by atoms with van der Waals surface area (Å²) in [5.41, 5.74) is 3.59. The maximum absolute atomic E-state index is 12.7. The van der Waals surface area contributed by atoms with E-state index in [0.29, 0.717) is 17.3 Å². The van der Waals surface area contributed by atoms with Gasteiger partial charge < -0.3 is 23.9 Å². The van der Waals surface area contributed by atoms with E-state index in [4.69, 9.17) is 18.6 Å². The van der Waals surface area contributed by atoms with E-state index in [2.05, 4.69) is 17.4 Å². The van der Waals surface area contributed by atoms with Crippen LogP contribution >= 0.6 is 0 Å². The third-order valence-electron chi connectivity index (χ3n) is 5.59. The quantitative estimate of drug-likeness (QED) is 0.563. The van der Waals surface area contributed by atoms with Gasteiger partial charge in [0, 0.05) is 5.56 Å². The molecule has 162 valence electrons. The van der Waals surface area contributed by atoms with Crippen molar-refractivity contribution in [3.8, 4) is 17.2 Å². The van der Waals surface area contributed by atoms with E-state index in [1.807, 2.05) is 31.2 Å². The van der Waals surface area contributed by atoms with Gasteiger partial charge in [-0.15, -0.1) is 0 Å². The Morgan fingerprint density at radius 2 is 1.81 bits per heavy atom. The second-order valence-electron chi connectivity index (χ2n) is 7.64. The molecular weight excluding hydrogens is 394 g/mol. The number of fused-ring (bicyclic) bond motifs is 1. The average Bonchev–Trinajstić information content (AvgIpc) is 3.46. The molecule has 1 heterocycles. The number of ether oxygens (including phenoxy) is 3. The van der Waals surface area contributed by atoms with E-state index in [0.717, 1.165) is 24.2 Å². The van der Waals surface area contributed by atoms with Crippen LogP contribution in [0.5, 0.6) is 17.2 Å². The molecule has 2 aromatic carbocycles. The summed E-state index contributed by atoms with van der Waals surface area (Å²) in [6, 6.07) is 14.8. The predicted molar refractivity (Wildman–Crippen MR) is 117 cm³/mol. The zero-order valence-corrected chi connectivity index (χ0v) is 18.1. The largest absolute Gasteiger partial charge is 0.497 e. The zero-order chi connectivity index (χ0) is 21.8. The number of hydrogen-bond donors (Lipinski definition) is 1. The van der Waals surface area contributed by atoms with Crippen molar-refractivity contribution in [3.05, 3.63) is 76.7 Å². The predicted octanol–water partition coefficient (Wildman–Crippen LogP) is 4.86. The van der Waals surface area contributed by atoms with E-state index in [-0.39, 0.29) is 24.3 Å². The topological polar surface area (TPSA) is 69.9 Å². The standard InChI is InChI=1S/C25H27NO5/c1-16(22-14-19(28-2)9-11-23(22)29-3)26-25(27)24-12-10-21(31-24)15-30-20-8-7-17-5-4-6-18(17)13-20/h7-14,16H,4-6,15H2,1-3H3,(H,26,27). The lowest BCUT2D eigenvalue weighted by Gasteiger charge is -2.17. The minimum Gasteiger partial charge on any atom is -0.497 e. The highest BCUT2D eigenvalue weighted by molar-refractivity contribution is 5.91. The Kier molecular flexibility index (Phi) is 6.16. The summed E-state index contributed by atoms with van der Waals surface area (Å²) in [6.45, 7) is 2.15. The average molecular weight is 421 g/mol. The Morgan fingerprint density at radius 1 is 1.00 bits per heavy atom. The first-order valence-electron chi connectivity index (χ1n) is 10.4. The summed E-state index contributed by atoms with van der Waals surface area (Å²) in [5, 5.41) is 2.94. The minimum atomic E-state index is -0.304. The Bertz CT molecular complexity index is 1070. The van der Waals surface area contributed by atoms with Crippen molar-refractivity contribution in [2.45, 2.75) is 38.8 Å². The Morgan fingerprint density at radius 3 is 2.61 bits per heavy atom. The minimum absolute atomic E-state index is 0.237. The fourth-order valence-electron chi connectivity index (χ4n) is 3.89. The molecule has 0 fully saturated rings. The van der Waals surface area contributed by atoms with Crippen LogP contribution in [0.1, 0.15) is 52.4 Å². The van der Waals surface area contributed by atoms with Gasteiger partial charge in [0.15, 0.2) is 5.76 Å². The van der Waals surface area contributed by atoms with E-state index in [1.165, 1.54) is 17.5 Å². The number of carbonyl (C=O) groups is 1. The Balaban J connectivity index is 1.38. The molecule has 4 rings (SSSR count). The molecule has 0 spiro atoms.